The van der Waals surface area contributed by atoms with E-state index in [1.807, 2.05) is 30.9 Å². The molecule has 1 aliphatic heterocycles. The van der Waals surface area contributed by atoms with Gasteiger partial charge in [0.25, 0.3) is 0 Å². The summed E-state index contributed by atoms with van der Waals surface area (Å²) in [6.07, 6.45) is 2.09. The van der Waals surface area contributed by atoms with Crippen LogP contribution in [0.2, 0.25) is 0 Å². The first-order chi connectivity index (χ1) is 11.0. The lowest BCUT2D eigenvalue weighted by Crippen LogP contribution is -2.34. The average Bonchev–Trinajstić information content (AvgIpc) is 3.01. The van der Waals surface area contributed by atoms with Crippen molar-refractivity contribution in [3.63, 3.8) is 0 Å². The second-order valence-electron chi connectivity index (χ2n) is 6.51. The molecule has 2 amide bonds. The van der Waals surface area contributed by atoms with E-state index in [1.54, 1.807) is 0 Å². The van der Waals surface area contributed by atoms with Gasteiger partial charge in [0.2, 0.25) is 0 Å². The van der Waals surface area contributed by atoms with Crippen LogP contribution in [0.1, 0.15) is 41.1 Å². The Morgan fingerprint density at radius 1 is 1.04 bits per heavy atom. The maximum atomic E-state index is 12.7. The van der Waals surface area contributed by atoms with Gasteiger partial charge in [0.05, 0.1) is 6.04 Å². The number of carbonyl (C=O) groups excluding carboxylic acids is 1. The van der Waals surface area contributed by atoms with Crippen molar-refractivity contribution >= 4 is 11.7 Å². The minimum atomic E-state index is 0.00164. The summed E-state index contributed by atoms with van der Waals surface area (Å²) >= 11 is 0. The van der Waals surface area contributed by atoms with Crippen LogP contribution in [0, 0.1) is 20.8 Å². The monoisotopic (exact) mass is 308 g/mol. The van der Waals surface area contributed by atoms with Crippen molar-refractivity contribution < 1.29 is 4.79 Å². The Kier molecular flexibility index (Phi) is 4.37. The Balaban J connectivity index is 1.78. The number of rotatable bonds is 2. The summed E-state index contributed by atoms with van der Waals surface area (Å²) in [4.78, 5) is 14.7. The van der Waals surface area contributed by atoms with Crippen LogP contribution in [0.4, 0.5) is 10.5 Å². The molecular formula is C20H24N2O. The van der Waals surface area contributed by atoms with Crippen LogP contribution in [0.25, 0.3) is 0 Å². The molecule has 23 heavy (non-hydrogen) atoms. The SMILES string of the molecule is Cc1ccc(C2CCCN2C(=O)Nc2cc(C)ccc2C)cc1. The first kappa shape index (κ1) is 15.6. The van der Waals surface area contributed by atoms with Crippen LogP contribution in [-0.2, 0) is 0 Å². The Bertz CT molecular complexity index is 706. The smallest absolute Gasteiger partial charge is 0.317 e. The van der Waals surface area contributed by atoms with E-state index in [0.717, 1.165) is 36.2 Å². The van der Waals surface area contributed by atoms with Crippen molar-refractivity contribution in [2.24, 2.45) is 0 Å². The third-order valence-electron chi connectivity index (χ3n) is 4.61. The third-order valence-corrected chi connectivity index (χ3v) is 4.61. The molecule has 1 fully saturated rings. The maximum Gasteiger partial charge on any atom is 0.322 e. The van der Waals surface area contributed by atoms with Crippen LogP contribution in [0.5, 0.6) is 0 Å². The van der Waals surface area contributed by atoms with E-state index in [2.05, 4.69) is 42.6 Å². The quantitative estimate of drug-likeness (QED) is 0.833. The van der Waals surface area contributed by atoms with Gasteiger partial charge in [-0.2, -0.15) is 0 Å². The average molecular weight is 308 g/mol. The van der Waals surface area contributed by atoms with Gasteiger partial charge >= 0.3 is 6.03 Å². The number of benzene rings is 2. The summed E-state index contributed by atoms with van der Waals surface area (Å²) in [5.74, 6) is 0. The second kappa shape index (κ2) is 6.45. The predicted molar refractivity (Wildman–Crippen MR) is 94.8 cm³/mol. The minimum absolute atomic E-state index is 0.00164. The first-order valence-corrected chi connectivity index (χ1v) is 8.26. The molecule has 1 saturated heterocycles. The molecule has 0 radical (unpaired) electrons. The van der Waals surface area contributed by atoms with Crippen LogP contribution in [0.3, 0.4) is 0 Å². The highest BCUT2D eigenvalue weighted by atomic mass is 16.2. The fourth-order valence-electron chi connectivity index (χ4n) is 3.20. The minimum Gasteiger partial charge on any atom is -0.317 e. The molecule has 1 atom stereocenters. The molecule has 0 bridgehead atoms. The van der Waals surface area contributed by atoms with E-state index in [4.69, 9.17) is 0 Å². The van der Waals surface area contributed by atoms with Crippen molar-refractivity contribution in [3.05, 3.63) is 64.7 Å². The number of aryl methyl sites for hydroxylation is 3. The number of carbonyl (C=O) groups is 1. The molecule has 1 unspecified atom stereocenters. The second-order valence-corrected chi connectivity index (χ2v) is 6.51. The van der Waals surface area contributed by atoms with Crippen molar-refractivity contribution in [2.45, 2.75) is 39.7 Å². The number of anilines is 1. The van der Waals surface area contributed by atoms with Gasteiger partial charge in [0, 0.05) is 12.2 Å². The van der Waals surface area contributed by atoms with E-state index >= 15 is 0 Å². The van der Waals surface area contributed by atoms with Gasteiger partial charge in [-0.05, 0) is 56.4 Å². The van der Waals surface area contributed by atoms with Crippen molar-refractivity contribution in [1.29, 1.82) is 0 Å². The summed E-state index contributed by atoms with van der Waals surface area (Å²) in [5.41, 5.74) is 5.63. The molecular weight excluding hydrogens is 284 g/mol. The van der Waals surface area contributed by atoms with Crippen molar-refractivity contribution in [1.82, 2.24) is 4.90 Å². The van der Waals surface area contributed by atoms with Gasteiger partial charge < -0.3 is 10.2 Å². The highest BCUT2D eigenvalue weighted by Crippen LogP contribution is 2.32. The summed E-state index contributed by atoms with van der Waals surface area (Å²) in [6, 6.07) is 14.9. The lowest BCUT2D eigenvalue weighted by atomic mass is 10.0. The summed E-state index contributed by atoms with van der Waals surface area (Å²) in [5, 5.41) is 3.09. The zero-order valence-electron chi connectivity index (χ0n) is 14.1. The first-order valence-electron chi connectivity index (χ1n) is 8.26. The number of likely N-dealkylation sites (tertiary alicyclic amines) is 1. The van der Waals surface area contributed by atoms with Crippen LogP contribution in [0.15, 0.2) is 42.5 Å². The molecule has 1 heterocycles. The molecule has 3 nitrogen and oxygen atoms in total. The fraction of sp³-hybridized carbons (Fsp3) is 0.350. The van der Waals surface area contributed by atoms with E-state index < -0.39 is 0 Å². The van der Waals surface area contributed by atoms with Gasteiger partial charge in [0.1, 0.15) is 0 Å². The number of nitrogens with zero attached hydrogens (tertiary/aromatic N) is 1. The predicted octanol–water partition coefficient (Wildman–Crippen LogP) is 4.98. The zero-order chi connectivity index (χ0) is 16.4. The Hall–Kier alpha value is -2.29. The number of hydrogen-bond acceptors (Lipinski definition) is 1. The maximum absolute atomic E-state index is 12.7. The van der Waals surface area contributed by atoms with Crippen LogP contribution in [-0.4, -0.2) is 17.5 Å². The Labute approximate surface area is 138 Å². The number of amides is 2. The summed E-state index contributed by atoms with van der Waals surface area (Å²) < 4.78 is 0. The van der Waals surface area contributed by atoms with Gasteiger partial charge in [-0.25, -0.2) is 4.79 Å². The normalized spacial score (nSPS) is 17.3. The summed E-state index contributed by atoms with van der Waals surface area (Å²) in [7, 11) is 0. The number of hydrogen-bond donors (Lipinski definition) is 1. The summed E-state index contributed by atoms with van der Waals surface area (Å²) in [6.45, 7) is 6.97. The van der Waals surface area contributed by atoms with Gasteiger partial charge in [-0.15, -0.1) is 0 Å². The lowest BCUT2D eigenvalue weighted by Gasteiger charge is -2.26. The van der Waals surface area contributed by atoms with Gasteiger partial charge in [-0.3, -0.25) is 0 Å². The number of urea groups is 1. The van der Waals surface area contributed by atoms with E-state index in [9.17, 15) is 4.79 Å². The highest BCUT2D eigenvalue weighted by molar-refractivity contribution is 5.90. The molecule has 0 aliphatic carbocycles. The van der Waals surface area contributed by atoms with E-state index in [-0.39, 0.29) is 12.1 Å². The molecule has 0 saturated carbocycles. The zero-order valence-corrected chi connectivity index (χ0v) is 14.1. The molecule has 1 N–H and O–H groups in total. The van der Waals surface area contributed by atoms with E-state index in [1.165, 1.54) is 11.1 Å². The Morgan fingerprint density at radius 3 is 2.48 bits per heavy atom. The van der Waals surface area contributed by atoms with Crippen LogP contribution >= 0.6 is 0 Å². The highest BCUT2D eigenvalue weighted by Gasteiger charge is 2.30. The molecule has 3 rings (SSSR count). The van der Waals surface area contributed by atoms with Gasteiger partial charge in [0.15, 0.2) is 0 Å². The topological polar surface area (TPSA) is 32.3 Å². The molecule has 3 heteroatoms. The van der Waals surface area contributed by atoms with Crippen molar-refractivity contribution in [3.8, 4) is 0 Å². The van der Waals surface area contributed by atoms with Crippen molar-refractivity contribution in [2.75, 3.05) is 11.9 Å². The lowest BCUT2D eigenvalue weighted by molar-refractivity contribution is 0.207. The van der Waals surface area contributed by atoms with Crippen LogP contribution < -0.4 is 5.32 Å². The fourth-order valence-corrected chi connectivity index (χ4v) is 3.20. The molecule has 2 aromatic rings. The van der Waals surface area contributed by atoms with Gasteiger partial charge in [-0.1, -0.05) is 42.0 Å². The van der Waals surface area contributed by atoms with E-state index in [0.29, 0.717) is 0 Å². The number of nitrogens with one attached hydrogen (secondary N) is 1. The molecule has 0 aromatic heterocycles. The third kappa shape index (κ3) is 3.39. The molecule has 0 spiro atoms. The molecule has 120 valence electrons. The molecule has 1 aliphatic rings. The largest absolute Gasteiger partial charge is 0.322 e. The molecule has 2 aromatic carbocycles. The Morgan fingerprint density at radius 2 is 1.74 bits per heavy atom. The standard InChI is InChI=1S/C20H24N2O/c1-14-7-10-17(11-8-14)19-5-4-12-22(19)20(23)21-18-13-15(2)6-9-16(18)3/h6-11,13,19H,4-5,12H2,1-3H3,(H,21,23).